The maximum atomic E-state index is 13.0. The number of hydrogen-bond acceptors (Lipinski definition) is 3. The number of nitrogens with one attached hydrogen (secondary N) is 1. The third-order valence-corrected chi connectivity index (χ3v) is 5.13. The Labute approximate surface area is 167 Å². The molecule has 2 aromatic heterocycles. The quantitative estimate of drug-likeness (QED) is 0.679. The molecule has 0 fully saturated rings. The maximum absolute atomic E-state index is 13.0. The number of carbonyl (C=O) groups is 1. The highest BCUT2D eigenvalue weighted by atomic mass is 35.5. The Kier molecular flexibility index (Phi) is 4.74. The van der Waals surface area contributed by atoms with Crippen LogP contribution in [-0.4, -0.2) is 33.4 Å². The highest BCUT2D eigenvalue weighted by Crippen LogP contribution is 2.31. The van der Waals surface area contributed by atoms with E-state index in [0.29, 0.717) is 34.6 Å². The molecule has 0 bridgehead atoms. The molecule has 0 aliphatic carbocycles. The average molecular weight is 404 g/mol. The Morgan fingerprint density at radius 3 is 2.85 bits per heavy atom. The second-order valence-corrected chi connectivity index (χ2v) is 7.77. The number of fused-ring (bicyclic) bond motifs is 3. The van der Waals surface area contributed by atoms with Crippen LogP contribution < -0.4 is 4.74 Å². The minimum absolute atomic E-state index is 0.0363. The molecular weight excluding hydrogens is 385 g/mol. The summed E-state index contributed by atoms with van der Waals surface area (Å²) in [6, 6.07) is 7.40. The fraction of sp³-hybridized carbons (Fsp3) is 0.300. The Balaban J connectivity index is 1.60. The number of nitrogens with zero attached hydrogens (tertiary/aromatic N) is 2. The van der Waals surface area contributed by atoms with E-state index in [4.69, 9.17) is 27.9 Å². The van der Waals surface area contributed by atoms with E-state index in [1.807, 2.05) is 36.9 Å². The summed E-state index contributed by atoms with van der Waals surface area (Å²) in [5, 5.41) is 2.09. The van der Waals surface area contributed by atoms with Gasteiger partial charge in [0.15, 0.2) is 0 Å². The van der Waals surface area contributed by atoms with Gasteiger partial charge in [0.1, 0.15) is 5.02 Å². The molecular formula is C20H19Cl2N3O2. The number of aromatic amines is 1. The average Bonchev–Trinajstić information content (AvgIpc) is 2.99. The number of amides is 1. The van der Waals surface area contributed by atoms with Gasteiger partial charge in [0.25, 0.3) is 5.91 Å². The lowest BCUT2D eigenvalue weighted by atomic mass is 10.0. The second kappa shape index (κ2) is 7.06. The number of carbonyl (C=O) groups excluding carboxylic acids is 1. The van der Waals surface area contributed by atoms with Gasteiger partial charge >= 0.3 is 0 Å². The van der Waals surface area contributed by atoms with Crippen molar-refractivity contribution >= 4 is 40.0 Å². The molecule has 0 atom stereocenters. The van der Waals surface area contributed by atoms with E-state index in [-0.39, 0.29) is 12.0 Å². The molecule has 0 spiro atoms. The van der Waals surface area contributed by atoms with E-state index in [2.05, 4.69) is 9.97 Å². The van der Waals surface area contributed by atoms with Crippen molar-refractivity contribution in [2.24, 2.45) is 0 Å². The molecule has 1 aromatic carbocycles. The number of aromatic nitrogens is 2. The zero-order valence-corrected chi connectivity index (χ0v) is 16.6. The summed E-state index contributed by atoms with van der Waals surface area (Å²) in [5.74, 6) is 0.248. The normalized spacial score (nSPS) is 13.9. The Morgan fingerprint density at radius 1 is 1.30 bits per heavy atom. The largest absolute Gasteiger partial charge is 0.474 e. The Hall–Kier alpha value is -2.24. The molecule has 0 saturated heterocycles. The summed E-state index contributed by atoms with van der Waals surface area (Å²) in [4.78, 5) is 22.4. The Bertz CT molecular complexity index is 1030. The number of ether oxygens (including phenoxy) is 1. The van der Waals surface area contributed by atoms with Crippen molar-refractivity contribution in [3.63, 3.8) is 0 Å². The number of halogens is 2. The predicted octanol–water partition coefficient (Wildman–Crippen LogP) is 4.86. The summed E-state index contributed by atoms with van der Waals surface area (Å²) in [5.41, 5.74) is 3.77. The van der Waals surface area contributed by atoms with E-state index in [0.717, 1.165) is 28.6 Å². The second-order valence-electron chi connectivity index (χ2n) is 6.93. The van der Waals surface area contributed by atoms with Crippen LogP contribution in [0.4, 0.5) is 0 Å². The first-order chi connectivity index (χ1) is 12.9. The molecule has 1 amide bonds. The molecule has 0 unspecified atom stereocenters. The van der Waals surface area contributed by atoms with Gasteiger partial charge in [0.05, 0.1) is 11.7 Å². The monoisotopic (exact) mass is 403 g/mol. The van der Waals surface area contributed by atoms with E-state index in [1.54, 1.807) is 6.07 Å². The van der Waals surface area contributed by atoms with Crippen LogP contribution in [0.2, 0.25) is 10.0 Å². The van der Waals surface area contributed by atoms with Crippen LogP contribution in [0.15, 0.2) is 30.5 Å². The molecule has 7 heteroatoms. The van der Waals surface area contributed by atoms with E-state index < -0.39 is 0 Å². The minimum atomic E-state index is -0.0949. The summed E-state index contributed by atoms with van der Waals surface area (Å²) < 4.78 is 5.54. The lowest BCUT2D eigenvalue weighted by molar-refractivity contribution is 0.0734. The molecule has 4 rings (SSSR count). The minimum Gasteiger partial charge on any atom is -0.474 e. The van der Waals surface area contributed by atoms with Crippen molar-refractivity contribution in [2.75, 3.05) is 6.54 Å². The SMILES string of the molecule is CC(C)Oc1ncc(C(=O)N2CCc3[nH]c4ccc(Cl)cc4c3C2)cc1Cl. The molecule has 3 aromatic rings. The molecule has 27 heavy (non-hydrogen) atoms. The van der Waals surface area contributed by atoms with Gasteiger partial charge in [-0.05, 0) is 38.1 Å². The van der Waals surface area contributed by atoms with Crippen molar-refractivity contribution < 1.29 is 9.53 Å². The zero-order chi connectivity index (χ0) is 19.1. The van der Waals surface area contributed by atoms with Crippen molar-refractivity contribution in [3.8, 4) is 5.88 Å². The standard InChI is InChI=1S/C20H19Cl2N3O2/c1-11(2)27-19-16(22)7-12(9-23-19)20(26)25-6-5-18-15(10-25)14-8-13(21)3-4-17(14)24-18/h3-4,7-9,11,24H,5-6,10H2,1-2H3. The van der Waals surface area contributed by atoms with Gasteiger partial charge in [0.2, 0.25) is 5.88 Å². The Morgan fingerprint density at radius 2 is 2.11 bits per heavy atom. The van der Waals surface area contributed by atoms with E-state index in [9.17, 15) is 4.79 Å². The first-order valence-corrected chi connectivity index (χ1v) is 9.58. The lowest BCUT2D eigenvalue weighted by Crippen LogP contribution is -2.35. The van der Waals surface area contributed by atoms with Crippen LogP contribution in [0.25, 0.3) is 10.9 Å². The van der Waals surface area contributed by atoms with Crippen LogP contribution in [0.3, 0.4) is 0 Å². The first kappa shape index (κ1) is 18.1. The van der Waals surface area contributed by atoms with Crippen molar-refractivity contribution in [3.05, 3.63) is 57.3 Å². The van der Waals surface area contributed by atoms with Gasteiger partial charge in [-0.2, -0.15) is 0 Å². The molecule has 0 radical (unpaired) electrons. The highest BCUT2D eigenvalue weighted by Gasteiger charge is 2.25. The summed E-state index contributed by atoms with van der Waals surface area (Å²) in [7, 11) is 0. The lowest BCUT2D eigenvalue weighted by Gasteiger charge is -2.27. The molecule has 0 saturated carbocycles. The molecule has 140 valence electrons. The van der Waals surface area contributed by atoms with Crippen molar-refractivity contribution in [2.45, 2.75) is 32.9 Å². The van der Waals surface area contributed by atoms with E-state index >= 15 is 0 Å². The number of benzene rings is 1. The molecule has 1 N–H and O–H groups in total. The fourth-order valence-electron chi connectivity index (χ4n) is 3.39. The van der Waals surface area contributed by atoms with Gasteiger partial charge in [-0.3, -0.25) is 4.79 Å². The van der Waals surface area contributed by atoms with Crippen molar-refractivity contribution in [1.29, 1.82) is 0 Å². The maximum Gasteiger partial charge on any atom is 0.255 e. The van der Waals surface area contributed by atoms with Gasteiger partial charge in [-0.25, -0.2) is 4.98 Å². The molecule has 3 heterocycles. The van der Waals surface area contributed by atoms with Crippen LogP contribution in [0.5, 0.6) is 5.88 Å². The number of H-pyrrole nitrogens is 1. The van der Waals surface area contributed by atoms with Gasteiger partial charge < -0.3 is 14.6 Å². The third-order valence-electron chi connectivity index (χ3n) is 4.63. The predicted molar refractivity (Wildman–Crippen MR) is 107 cm³/mol. The highest BCUT2D eigenvalue weighted by molar-refractivity contribution is 6.32. The summed E-state index contributed by atoms with van der Waals surface area (Å²) >= 11 is 12.4. The summed E-state index contributed by atoms with van der Waals surface area (Å²) in [6.45, 7) is 4.95. The van der Waals surface area contributed by atoms with Gasteiger partial charge in [-0.1, -0.05) is 23.2 Å². The van der Waals surface area contributed by atoms with Crippen LogP contribution in [0.1, 0.15) is 35.5 Å². The summed E-state index contributed by atoms with van der Waals surface area (Å²) in [6.07, 6.45) is 2.25. The topological polar surface area (TPSA) is 58.2 Å². The van der Waals surface area contributed by atoms with Crippen LogP contribution >= 0.6 is 23.2 Å². The zero-order valence-electron chi connectivity index (χ0n) is 15.1. The number of hydrogen-bond donors (Lipinski definition) is 1. The number of rotatable bonds is 3. The van der Waals surface area contributed by atoms with E-state index in [1.165, 1.54) is 6.20 Å². The van der Waals surface area contributed by atoms with Crippen molar-refractivity contribution in [1.82, 2.24) is 14.9 Å². The van der Waals surface area contributed by atoms with Gasteiger partial charge in [0, 0.05) is 52.9 Å². The van der Waals surface area contributed by atoms with Gasteiger partial charge in [-0.15, -0.1) is 0 Å². The van der Waals surface area contributed by atoms with Crippen LogP contribution in [-0.2, 0) is 13.0 Å². The molecule has 5 nitrogen and oxygen atoms in total. The molecule has 1 aliphatic rings. The van der Waals surface area contributed by atoms with Crippen LogP contribution in [0, 0.1) is 0 Å². The molecule has 1 aliphatic heterocycles. The first-order valence-electron chi connectivity index (χ1n) is 8.83. The smallest absolute Gasteiger partial charge is 0.255 e. The fourth-order valence-corrected chi connectivity index (χ4v) is 3.78. The third kappa shape index (κ3) is 3.49. The number of pyridine rings is 1.